The number of rotatable bonds is 4. The zero-order chi connectivity index (χ0) is 13.0. The minimum absolute atomic E-state index is 0.460. The van der Waals surface area contributed by atoms with Crippen LogP contribution in [0.1, 0.15) is 6.92 Å². The highest BCUT2D eigenvalue weighted by molar-refractivity contribution is 7.90. The fourth-order valence-electron chi connectivity index (χ4n) is 0.608. The van der Waals surface area contributed by atoms with E-state index < -0.39 is 30.0 Å². The quantitative estimate of drug-likeness (QED) is 0.428. The van der Waals surface area contributed by atoms with Gasteiger partial charge in [-0.15, -0.1) is 0 Å². The maximum absolute atomic E-state index is 10.7. The zero-order valence-electron chi connectivity index (χ0n) is 8.52. The molecule has 0 rings (SSSR count). The SMILES string of the molecule is CN=C/C(=C\C=C(/C)S(=O)(=O)O)S(=O)(=O)O. The molecule has 0 aliphatic rings. The highest BCUT2D eigenvalue weighted by atomic mass is 32.2. The molecule has 0 fully saturated rings. The molecule has 0 saturated heterocycles. The molecule has 0 aliphatic carbocycles. The van der Waals surface area contributed by atoms with Gasteiger partial charge in [0.1, 0.15) is 4.91 Å². The average molecular weight is 269 g/mol. The Kier molecular flexibility index (Phi) is 5.00. The predicted octanol–water partition coefficient (Wildman–Crippen LogP) is 0.250. The molecule has 0 aromatic carbocycles. The molecule has 0 atom stereocenters. The van der Waals surface area contributed by atoms with Gasteiger partial charge in [0.15, 0.2) is 0 Å². The average Bonchev–Trinajstić information content (AvgIpc) is 2.07. The van der Waals surface area contributed by atoms with Gasteiger partial charge in [0.25, 0.3) is 20.2 Å². The fraction of sp³-hybridized carbons (Fsp3) is 0.286. The van der Waals surface area contributed by atoms with Gasteiger partial charge in [0.05, 0.1) is 4.91 Å². The van der Waals surface area contributed by atoms with Crippen molar-refractivity contribution in [3.8, 4) is 0 Å². The minimum Gasteiger partial charge on any atom is -0.295 e. The Labute approximate surface area is 93.7 Å². The Hall–Kier alpha value is -1.03. The van der Waals surface area contributed by atoms with Crippen molar-refractivity contribution in [2.24, 2.45) is 4.99 Å². The number of aliphatic imine (C=N–C) groups is 1. The molecule has 0 aromatic rings. The molecule has 0 heterocycles. The molecule has 2 N–H and O–H groups in total. The van der Waals surface area contributed by atoms with Crippen molar-refractivity contribution in [2.75, 3.05) is 7.05 Å². The summed E-state index contributed by atoms with van der Waals surface area (Å²) in [6, 6.07) is 0. The van der Waals surface area contributed by atoms with E-state index in [1.165, 1.54) is 7.05 Å². The van der Waals surface area contributed by atoms with Crippen molar-refractivity contribution in [2.45, 2.75) is 6.92 Å². The minimum atomic E-state index is -4.48. The topological polar surface area (TPSA) is 121 Å². The monoisotopic (exact) mass is 269 g/mol. The van der Waals surface area contributed by atoms with E-state index in [0.29, 0.717) is 0 Å². The van der Waals surface area contributed by atoms with Crippen LogP contribution in [-0.4, -0.2) is 39.2 Å². The van der Waals surface area contributed by atoms with Crippen molar-refractivity contribution in [1.29, 1.82) is 0 Å². The first-order valence-corrected chi connectivity index (χ1v) is 6.72. The Bertz CT molecular complexity index is 537. The fourth-order valence-corrected chi connectivity index (χ4v) is 1.33. The zero-order valence-corrected chi connectivity index (χ0v) is 10.2. The molecule has 0 aliphatic heterocycles. The third-order valence-electron chi connectivity index (χ3n) is 1.44. The smallest absolute Gasteiger partial charge is 0.295 e. The van der Waals surface area contributed by atoms with Crippen LogP contribution in [0.25, 0.3) is 0 Å². The summed E-state index contributed by atoms with van der Waals surface area (Å²) in [4.78, 5) is 2.32. The summed E-state index contributed by atoms with van der Waals surface area (Å²) >= 11 is 0. The Morgan fingerprint density at radius 3 is 1.88 bits per heavy atom. The Morgan fingerprint density at radius 2 is 1.56 bits per heavy atom. The molecular formula is C7H11NO6S2. The highest BCUT2D eigenvalue weighted by Gasteiger charge is 2.11. The van der Waals surface area contributed by atoms with Crippen LogP contribution >= 0.6 is 0 Å². The van der Waals surface area contributed by atoms with Gasteiger partial charge in [0.2, 0.25) is 0 Å². The highest BCUT2D eigenvalue weighted by Crippen LogP contribution is 2.06. The van der Waals surface area contributed by atoms with E-state index in [9.17, 15) is 16.8 Å². The molecule has 0 aromatic heterocycles. The van der Waals surface area contributed by atoms with Crippen LogP contribution in [0.5, 0.6) is 0 Å². The van der Waals surface area contributed by atoms with E-state index in [1.54, 1.807) is 0 Å². The molecular weight excluding hydrogens is 258 g/mol. The van der Waals surface area contributed by atoms with Gasteiger partial charge in [-0.2, -0.15) is 16.8 Å². The second kappa shape index (κ2) is 5.34. The molecule has 0 bridgehead atoms. The first kappa shape index (κ1) is 15.0. The summed E-state index contributed by atoms with van der Waals surface area (Å²) in [5.41, 5.74) is 0. The molecule has 9 heteroatoms. The lowest BCUT2D eigenvalue weighted by molar-refractivity contribution is 0.489. The van der Waals surface area contributed by atoms with Crippen LogP contribution in [-0.2, 0) is 20.2 Å². The lowest BCUT2D eigenvalue weighted by Gasteiger charge is -1.96. The molecule has 0 spiro atoms. The van der Waals surface area contributed by atoms with Crippen molar-refractivity contribution < 1.29 is 25.9 Å². The maximum atomic E-state index is 10.7. The first-order valence-electron chi connectivity index (χ1n) is 3.84. The second-order valence-corrected chi connectivity index (χ2v) is 5.70. The Morgan fingerprint density at radius 1 is 1.06 bits per heavy atom. The van der Waals surface area contributed by atoms with Crippen LogP contribution < -0.4 is 0 Å². The third-order valence-corrected chi connectivity index (χ3v) is 3.23. The molecule has 0 unspecified atom stereocenters. The normalized spacial score (nSPS) is 15.8. The number of allylic oxidation sites excluding steroid dienone is 4. The van der Waals surface area contributed by atoms with E-state index in [-0.39, 0.29) is 0 Å². The standard InChI is InChI=1S/C7H11NO6S2/c1-6(15(9,10)11)3-4-7(5-8-2)16(12,13)14/h3-5H,1-2H3,(H,9,10,11)(H,12,13,14)/b6-3+,7-4+,8-5?. The van der Waals surface area contributed by atoms with E-state index in [1.807, 2.05) is 0 Å². The van der Waals surface area contributed by atoms with Crippen molar-refractivity contribution in [3.05, 3.63) is 22.0 Å². The maximum Gasteiger partial charge on any atom is 0.296 e. The van der Waals surface area contributed by atoms with Crippen LogP contribution in [0.4, 0.5) is 0 Å². The van der Waals surface area contributed by atoms with Gasteiger partial charge in [0, 0.05) is 13.3 Å². The van der Waals surface area contributed by atoms with Gasteiger partial charge < -0.3 is 0 Å². The van der Waals surface area contributed by atoms with Gasteiger partial charge >= 0.3 is 0 Å². The van der Waals surface area contributed by atoms with Gasteiger partial charge in [-0.1, -0.05) is 0 Å². The summed E-state index contributed by atoms with van der Waals surface area (Å²) in [6.07, 6.45) is 2.48. The van der Waals surface area contributed by atoms with Gasteiger partial charge in [-0.05, 0) is 19.1 Å². The van der Waals surface area contributed by atoms with Crippen LogP contribution in [0.3, 0.4) is 0 Å². The van der Waals surface area contributed by atoms with E-state index in [4.69, 9.17) is 9.11 Å². The summed E-state index contributed by atoms with van der Waals surface area (Å²) in [5, 5.41) is 0. The van der Waals surface area contributed by atoms with E-state index in [2.05, 4.69) is 4.99 Å². The Balaban J connectivity index is 5.47. The molecule has 92 valence electrons. The summed E-state index contributed by atoms with van der Waals surface area (Å²) in [6.45, 7) is 1.07. The summed E-state index contributed by atoms with van der Waals surface area (Å²) < 4.78 is 59.9. The van der Waals surface area contributed by atoms with E-state index in [0.717, 1.165) is 25.3 Å². The number of hydrogen-bond acceptors (Lipinski definition) is 5. The molecule has 7 nitrogen and oxygen atoms in total. The van der Waals surface area contributed by atoms with Crippen molar-refractivity contribution in [1.82, 2.24) is 0 Å². The molecule has 0 radical (unpaired) electrons. The number of hydrogen-bond donors (Lipinski definition) is 2. The van der Waals surface area contributed by atoms with Gasteiger partial charge in [-0.3, -0.25) is 14.1 Å². The molecule has 0 saturated carbocycles. The van der Waals surface area contributed by atoms with Crippen molar-refractivity contribution in [3.63, 3.8) is 0 Å². The van der Waals surface area contributed by atoms with Crippen LogP contribution in [0.2, 0.25) is 0 Å². The lowest BCUT2D eigenvalue weighted by atomic mass is 10.4. The predicted molar refractivity (Wildman–Crippen MR) is 59.4 cm³/mol. The van der Waals surface area contributed by atoms with E-state index >= 15 is 0 Å². The molecule has 0 amide bonds. The molecule has 16 heavy (non-hydrogen) atoms. The third kappa shape index (κ3) is 5.16. The summed E-state index contributed by atoms with van der Waals surface area (Å²) in [7, 11) is -7.56. The van der Waals surface area contributed by atoms with Gasteiger partial charge in [-0.25, -0.2) is 0 Å². The van der Waals surface area contributed by atoms with Crippen molar-refractivity contribution >= 4 is 26.5 Å². The summed E-state index contributed by atoms with van der Waals surface area (Å²) in [5.74, 6) is 0. The number of nitrogens with zero attached hydrogens (tertiary/aromatic N) is 1. The van der Waals surface area contributed by atoms with Crippen LogP contribution in [0.15, 0.2) is 27.0 Å². The lowest BCUT2D eigenvalue weighted by Crippen LogP contribution is -2.03. The second-order valence-electron chi connectivity index (χ2n) is 2.68. The largest absolute Gasteiger partial charge is 0.296 e. The van der Waals surface area contributed by atoms with Crippen LogP contribution in [0, 0.1) is 0 Å². The first-order chi connectivity index (χ1) is 7.09.